The van der Waals surface area contributed by atoms with E-state index in [-0.39, 0.29) is 11.9 Å². The fourth-order valence-electron chi connectivity index (χ4n) is 6.00. The lowest BCUT2D eigenvalue weighted by Gasteiger charge is -2.51. The number of benzene rings is 2. The molecule has 5 atom stereocenters. The van der Waals surface area contributed by atoms with Crippen LogP contribution in [-0.4, -0.2) is 6.54 Å². The van der Waals surface area contributed by atoms with Crippen molar-refractivity contribution in [1.29, 1.82) is 0 Å². The molecule has 2 aromatic carbocycles. The number of halogens is 2. The fourth-order valence-corrected chi connectivity index (χ4v) is 6.50. The Morgan fingerprint density at radius 3 is 2.52 bits per heavy atom. The van der Waals surface area contributed by atoms with Crippen molar-refractivity contribution < 1.29 is 4.39 Å². The third-order valence-corrected chi connectivity index (χ3v) is 7.50. The smallest absolute Gasteiger partial charge is 0.128 e. The fraction of sp³-hybridized carbons (Fsp3) is 0.333. The van der Waals surface area contributed by atoms with Gasteiger partial charge in [0.1, 0.15) is 5.82 Å². The minimum atomic E-state index is -0.0677. The highest BCUT2D eigenvalue weighted by molar-refractivity contribution is 9.10. The number of nitrogens with zero attached hydrogens (tertiary/aromatic N) is 1. The molecule has 0 spiro atoms. The Balaban J connectivity index is 1.61. The zero-order chi connectivity index (χ0) is 18.1. The summed E-state index contributed by atoms with van der Waals surface area (Å²) in [4.78, 5) is 2.55. The van der Waals surface area contributed by atoms with Gasteiger partial charge in [-0.05, 0) is 54.0 Å². The van der Waals surface area contributed by atoms with E-state index in [4.69, 9.17) is 0 Å². The molecular formula is C24H21BrFN. The van der Waals surface area contributed by atoms with Crippen molar-refractivity contribution in [1.82, 2.24) is 0 Å². The first-order chi connectivity index (χ1) is 13.2. The maximum atomic E-state index is 14.9. The largest absolute Gasteiger partial charge is 0.363 e. The Morgan fingerprint density at radius 2 is 1.67 bits per heavy atom. The summed E-state index contributed by atoms with van der Waals surface area (Å²) < 4.78 is 16.1. The molecule has 0 unspecified atom stereocenters. The lowest BCUT2D eigenvalue weighted by Crippen LogP contribution is -2.46. The van der Waals surface area contributed by atoms with Crippen molar-refractivity contribution in [3.05, 3.63) is 87.7 Å². The van der Waals surface area contributed by atoms with Crippen LogP contribution in [0.25, 0.3) is 0 Å². The van der Waals surface area contributed by atoms with Gasteiger partial charge in [0.25, 0.3) is 0 Å². The minimum absolute atomic E-state index is 0.0677. The molecule has 0 fully saturated rings. The molecule has 0 aromatic heterocycles. The summed E-state index contributed by atoms with van der Waals surface area (Å²) in [5.74, 6) is 1.80. The molecule has 2 aliphatic carbocycles. The van der Waals surface area contributed by atoms with Crippen LogP contribution in [0.15, 0.2) is 65.2 Å². The molecule has 3 heteroatoms. The monoisotopic (exact) mass is 421 g/mol. The van der Waals surface area contributed by atoms with Gasteiger partial charge in [-0.1, -0.05) is 58.4 Å². The van der Waals surface area contributed by atoms with Crippen LogP contribution < -0.4 is 4.90 Å². The van der Waals surface area contributed by atoms with Crippen LogP contribution >= 0.6 is 15.9 Å². The summed E-state index contributed by atoms with van der Waals surface area (Å²) in [6.07, 6.45) is 11.5. The highest BCUT2D eigenvalue weighted by atomic mass is 79.9. The highest BCUT2D eigenvalue weighted by Gasteiger charge is 2.48. The van der Waals surface area contributed by atoms with Gasteiger partial charge in [-0.25, -0.2) is 4.39 Å². The second kappa shape index (κ2) is 5.81. The lowest BCUT2D eigenvalue weighted by molar-refractivity contribution is 0.328. The Labute approximate surface area is 167 Å². The van der Waals surface area contributed by atoms with E-state index in [2.05, 4.69) is 57.3 Å². The summed E-state index contributed by atoms with van der Waals surface area (Å²) in [6.45, 7) is 1.02. The summed E-state index contributed by atoms with van der Waals surface area (Å²) in [7, 11) is 0. The summed E-state index contributed by atoms with van der Waals surface area (Å²) in [5.41, 5.74) is 5.07. The predicted molar refractivity (Wildman–Crippen MR) is 111 cm³/mol. The van der Waals surface area contributed by atoms with Crippen LogP contribution in [0, 0.1) is 17.7 Å². The first-order valence-corrected chi connectivity index (χ1v) is 10.7. The van der Waals surface area contributed by atoms with Gasteiger partial charge in [-0.3, -0.25) is 0 Å². The first-order valence-electron chi connectivity index (χ1n) is 9.90. The first kappa shape index (κ1) is 16.1. The normalized spacial score (nSPS) is 32.4. The van der Waals surface area contributed by atoms with E-state index < -0.39 is 0 Å². The Bertz CT molecular complexity index is 977. The molecule has 0 saturated carbocycles. The van der Waals surface area contributed by atoms with Crippen LogP contribution in [0.5, 0.6) is 0 Å². The SMILES string of the molecule is Fc1ccccc1[C@@H]1[C@@H]2CC=C[C@@H]2c2cc(Br)cc3c2N1C[C@H]1CC=C[C@H]31. The van der Waals surface area contributed by atoms with E-state index >= 15 is 0 Å². The highest BCUT2D eigenvalue weighted by Crippen LogP contribution is 2.59. The summed E-state index contributed by atoms with van der Waals surface area (Å²) in [6, 6.07) is 12.1. The van der Waals surface area contributed by atoms with Gasteiger partial charge in [-0.2, -0.15) is 0 Å². The molecule has 6 rings (SSSR count). The number of hydrogen-bond donors (Lipinski definition) is 0. The van der Waals surface area contributed by atoms with Crippen molar-refractivity contribution >= 4 is 21.6 Å². The van der Waals surface area contributed by atoms with Crippen molar-refractivity contribution in [2.75, 3.05) is 11.4 Å². The van der Waals surface area contributed by atoms with Crippen LogP contribution in [0.4, 0.5) is 10.1 Å². The molecule has 0 N–H and O–H groups in total. The van der Waals surface area contributed by atoms with Crippen LogP contribution in [-0.2, 0) is 0 Å². The second-order valence-corrected chi connectivity index (χ2v) is 9.27. The van der Waals surface area contributed by atoms with Crippen molar-refractivity contribution in [3.8, 4) is 0 Å². The van der Waals surface area contributed by atoms with Crippen LogP contribution in [0.2, 0.25) is 0 Å². The molecule has 2 aromatic rings. The van der Waals surface area contributed by atoms with E-state index in [9.17, 15) is 4.39 Å². The van der Waals surface area contributed by atoms with E-state index in [1.807, 2.05) is 12.1 Å². The summed E-state index contributed by atoms with van der Waals surface area (Å²) in [5, 5.41) is 0. The zero-order valence-electron chi connectivity index (χ0n) is 15.0. The molecule has 4 aliphatic rings. The standard InChI is InChI=1S/C24H21BrFN/c25-15-11-20-16-7-3-5-14(16)13-27-23(19-6-1-2-10-22(19)26)18-9-4-8-17(18)21(12-15)24(20)27/h1-4,6-8,10-12,14,16-18,23H,5,9,13H2/t14-,16+,17+,18-,23+/m1/s1. The Hall–Kier alpha value is -1.87. The summed E-state index contributed by atoms with van der Waals surface area (Å²) >= 11 is 3.77. The third kappa shape index (κ3) is 2.21. The van der Waals surface area contributed by atoms with Crippen LogP contribution in [0.1, 0.15) is 47.4 Å². The number of rotatable bonds is 1. The predicted octanol–water partition coefficient (Wildman–Crippen LogP) is 6.48. The molecule has 0 radical (unpaired) electrons. The quantitative estimate of drug-likeness (QED) is 0.476. The molecule has 2 aliphatic heterocycles. The lowest BCUT2D eigenvalue weighted by atomic mass is 9.70. The van der Waals surface area contributed by atoms with Gasteiger partial charge in [-0.15, -0.1) is 0 Å². The second-order valence-electron chi connectivity index (χ2n) is 8.35. The Kier molecular flexibility index (Phi) is 3.47. The molecule has 0 saturated heterocycles. The van der Waals surface area contributed by atoms with Gasteiger partial charge < -0.3 is 4.90 Å². The average molecular weight is 422 g/mol. The molecule has 2 heterocycles. The van der Waals surface area contributed by atoms with Gasteiger partial charge >= 0.3 is 0 Å². The maximum Gasteiger partial charge on any atom is 0.128 e. The van der Waals surface area contributed by atoms with E-state index in [1.54, 1.807) is 12.1 Å². The van der Waals surface area contributed by atoms with Crippen molar-refractivity contribution in [3.63, 3.8) is 0 Å². The molecule has 0 bridgehead atoms. The third-order valence-electron chi connectivity index (χ3n) is 7.04. The number of fused-ring (bicyclic) bond motifs is 4. The molecule has 27 heavy (non-hydrogen) atoms. The topological polar surface area (TPSA) is 3.24 Å². The van der Waals surface area contributed by atoms with Crippen molar-refractivity contribution in [2.45, 2.75) is 30.7 Å². The number of hydrogen-bond acceptors (Lipinski definition) is 1. The van der Waals surface area contributed by atoms with Gasteiger partial charge in [0.05, 0.1) is 6.04 Å². The van der Waals surface area contributed by atoms with E-state index in [0.29, 0.717) is 23.7 Å². The van der Waals surface area contributed by atoms with Gasteiger partial charge in [0.2, 0.25) is 0 Å². The minimum Gasteiger partial charge on any atom is -0.363 e. The Morgan fingerprint density at radius 1 is 0.926 bits per heavy atom. The van der Waals surface area contributed by atoms with E-state index in [1.165, 1.54) is 21.3 Å². The zero-order valence-corrected chi connectivity index (χ0v) is 16.6. The number of allylic oxidation sites excluding steroid dienone is 4. The molecule has 136 valence electrons. The van der Waals surface area contributed by atoms with E-state index in [0.717, 1.165) is 24.9 Å². The van der Waals surface area contributed by atoms with Crippen LogP contribution in [0.3, 0.4) is 0 Å². The number of anilines is 1. The van der Waals surface area contributed by atoms with Gasteiger partial charge in [0, 0.05) is 34.1 Å². The van der Waals surface area contributed by atoms with Gasteiger partial charge in [0.15, 0.2) is 0 Å². The molecule has 1 nitrogen and oxygen atoms in total. The molecule has 0 amide bonds. The maximum absolute atomic E-state index is 14.9. The average Bonchev–Trinajstić information content (AvgIpc) is 3.32. The molecular weight excluding hydrogens is 401 g/mol. The van der Waals surface area contributed by atoms with Crippen molar-refractivity contribution in [2.24, 2.45) is 11.8 Å².